The van der Waals surface area contributed by atoms with Gasteiger partial charge < -0.3 is 4.52 Å². The molecule has 0 saturated heterocycles. The topological polar surface area (TPSA) is 49.2 Å². The molecule has 2 rings (SSSR count). The van der Waals surface area contributed by atoms with E-state index in [-0.39, 0.29) is 5.63 Å². The van der Waals surface area contributed by atoms with E-state index in [1.165, 1.54) is 0 Å². The standard InChI is InChI=1S/C9H14N2O2/c1-6(2)11-4-3-7-8(5-11)10-13-9(7)12/h6,10H,3-5H2,1-2H3. The van der Waals surface area contributed by atoms with Crippen LogP contribution in [0.4, 0.5) is 0 Å². The fraction of sp³-hybridized carbons (Fsp3) is 0.667. The quantitative estimate of drug-likeness (QED) is 0.696. The zero-order chi connectivity index (χ0) is 9.42. The minimum Gasteiger partial charge on any atom is -0.339 e. The van der Waals surface area contributed by atoms with E-state index >= 15 is 0 Å². The molecule has 1 aromatic heterocycles. The number of hydrogen-bond donors (Lipinski definition) is 1. The maximum Gasteiger partial charge on any atom is 0.360 e. The zero-order valence-electron chi connectivity index (χ0n) is 7.96. The predicted octanol–water partition coefficient (Wildman–Crippen LogP) is 0.734. The van der Waals surface area contributed by atoms with Gasteiger partial charge in [-0.2, -0.15) is 0 Å². The second kappa shape index (κ2) is 3.03. The van der Waals surface area contributed by atoms with Crippen molar-refractivity contribution in [1.82, 2.24) is 10.1 Å². The van der Waals surface area contributed by atoms with Gasteiger partial charge in [0, 0.05) is 19.1 Å². The number of rotatable bonds is 1. The van der Waals surface area contributed by atoms with Gasteiger partial charge in [-0.05, 0) is 20.3 Å². The highest BCUT2D eigenvalue weighted by Crippen LogP contribution is 2.15. The minimum atomic E-state index is -0.196. The lowest BCUT2D eigenvalue weighted by Crippen LogP contribution is -2.36. The van der Waals surface area contributed by atoms with Gasteiger partial charge in [-0.15, -0.1) is 0 Å². The molecule has 0 unspecified atom stereocenters. The molecular weight excluding hydrogens is 168 g/mol. The van der Waals surface area contributed by atoms with Gasteiger partial charge in [0.2, 0.25) is 0 Å². The SMILES string of the molecule is CC(C)N1CCc2c([nH]oc2=O)C1. The monoisotopic (exact) mass is 182 g/mol. The van der Waals surface area contributed by atoms with Crippen molar-refractivity contribution in [3.05, 3.63) is 21.7 Å². The van der Waals surface area contributed by atoms with Crippen LogP contribution in [0.3, 0.4) is 0 Å². The highest BCUT2D eigenvalue weighted by molar-refractivity contribution is 5.17. The van der Waals surface area contributed by atoms with Crippen LogP contribution in [0, 0.1) is 0 Å². The van der Waals surface area contributed by atoms with E-state index in [9.17, 15) is 4.79 Å². The van der Waals surface area contributed by atoms with Crippen LogP contribution in [0.1, 0.15) is 25.1 Å². The van der Waals surface area contributed by atoms with Crippen LogP contribution in [-0.4, -0.2) is 22.6 Å². The first kappa shape index (κ1) is 8.56. The molecule has 0 aliphatic carbocycles. The van der Waals surface area contributed by atoms with Crippen LogP contribution in [-0.2, 0) is 13.0 Å². The first-order valence-electron chi connectivity index (χ1n) is 4.61. The van der Waals surface area contributed by atoms with E-state index < -0.39 is 0 Å². The summed E-state index contributed by atoms with van der Waals surface area (Å²) in [4.78, 5) is 13.4. The van der Waals surface area contributed by atoms with Crippen LogP contribution in [0.5, 0.6) is 0 Å². The summed E-state index contributed by atoms with van der Waals surface area (Å²) in [6.45, 7) is 6.07. The molecule has 13 heavy (non-hydrogen) atoms. The number of aromatic amines is 1. The number of hydrogen-bond acceptors (Lipinski definition) is 3. The molecule has 0 aromatic carbocycles. The molecule has 0 amide bonds. The maximum absolute atomic E-state index is 11.1. The van der Waals surface area contributed by atoms with Gasteiger partial charge in [-0.1, -0.05) is 0 Å². The average Bonchev–Trinajstić information content (AvgIpc) is 2.47. The summed E-state index contributed by atoms with van der Waals surface area (Å²) in [6.07, 6.45) is 0.805. The second-order valence-electron chi connectivity index (χ2n) is 3.76. The summed E-state index contributed by atoms with van der Waals surface area (Å²) in [5, 5.41) is 2.68. The van der Waals surface area contributed by atoms with Gasteiger partial charge in [0.25, 0.3) is 0 Å². The summed E-state index contributed by atoms with van der Waals surface area (Å²) in [5.74, 6) is 0. The lowest BCUT2D eigenvalue weighted by Gasteiger charge is -2.28. The minimum absolute atomic E-state index is 0.196. The Morgan fingerprint density at radius 2 is 2.31 bits per heavy atom. The number of H-pyrrole nitrogens is 1. The van der Waals surface area contributed by atoms with Crippen molar-refractivity contribution in [2.75, 3.05) is 6.54 Å². The summed E-state index contributed by atoms with van der Waals surface area (Å²) >= 11 is 0. The second-order valence-corrected chi connectivity index (χ2v) is 3.76. The molecular formula is C9H14N2O2. The Morgan fingerprint density at radius 1 is 1.54 bits per heavy atom. The van der Waals surface area contributed by atoms with Crippen molar-refractivity contribution in [3.63, 3.8) is 0 Å². The highest BCUT2D eigenvalue weighted by Gasteiger charge is 2.22. The Hall–Kier alpha value is -1.03. The van der Waals surface area contributed by atoms with Crippen LogP contribution in [0.15, 0.2) is 9.32 Å². The fourth-order valence-corrected chi connectivity index (χ4v) is 1.71. The van der Waals surface area contributed by atoms with E-state index in [0.29, 0.717) is 6.04 Å². The van der Waals surface area contributed by atoms with Crippen molar-refractivity contribution in [2.45, 2.75) is 32.9 Å². The van der Waals surface area contributed by atoms with Gasteiger partial charge in [0.05, 0.1) is 11.3 Å². The fourth-order valence-electron chi connectivity index (χ4n) is 1.71. The molecule has 0 saturated carbocycles. The summed E-state index contributed by atoms with van der Waals surface area (Å²) in [6, 6.07) is 0.520. The molecule has 0 radical (unpaired) electrons. The Labute approximate surface area is 76.5 Å². The smallest absolute Gasteiger partial charge is 0.339 e. The summed E-state index contributed by atoms with van der Waals surface area (Å²) < 4.78 is 4.74. The molecule has 0 spiro atoms. The lowest BCUT2D eigenvalue weighted by atomic mass is 10.1. The molecule has 0 atom stereocenters. The molecule has 1 N–H and O–H groups in total. The van der Waals surface area contributed by atoms with Gasteiger partial charge >= 0.3 is 5.63 Å². The summed E-state index contributed by atoms with van der Waals surface area (Å²) in [7, 11) is 0. The van der Waals surface area contributed by atoms with Crippen molar-refractivity contribution < 1.29 is 4.52 Å². The van der Waals surface area contributed by atoms with Crippen LogP contribution >= 0.6 is 0 Å². The molecule has 1 aliphatic heterocycles. The zero-order valence-corrected chi connectivity index (χ0v) is 7.96. The third-order valence-corrected chi connectivity index (χ3v) is 2.62. The maximum atomic E-state index is 11.1. The molecule has 72 valence electrons. The van der Waals surface area contributed by atoms with Crippen LogP contribution in [0.25, 0.3) is 0 Å². The summed E-state index contributed by atoms with van der Waals surface area (Å²) in [5.41, 5.74) is 1.58. The lowest BCUT2D eigenvalue weighted by molar-refractivity contribution is 0.199. The van der Waals surface area contributed by atoms with E-state index in [1.807, 2.05) is 0 Å². The average molecular weight is 182 g/mol. The highest BCUT2D eigenvalue weighted by atomic mass is 16.5. The third-order valence-electron chi connectivity index (χ3n) is 2.62. The molecule has 2 heterocycles. The van der Waals surface area contributed by atoms with E-state index in [0.717, 1.165) is 30.8 Å². The van der Waals surface area contributed by atoms with Crippen LogP contribution < -0.4 is 5.63 Å². The molecule has 1 aromatic rings. The number of nitrogens with zero attached hydrogens (tertiary/aromatic N) is 1. The molecule has 4 heteroatoms. The molecule has 0 bridgehead atoms. The van der Waals surface area contributed by atoms with Crippen molar-refractivity contribution in [1.29, 1.82) is 0 Å². The van der Waals surface area contributed by atoms with Gasteiger partial charge in [0.15, 0.2) is 0 Å². The van der Waals surface area contributed by atoms with Crippen LogP contribution in [0.2, 0.25) is 0 Å². The van der Waals surface area contributed by atoms with E-state index in [4.69, 9.17) is 4.52 Å². The van der Waals surface area contributed by atoms with E-state index in [2.05, 4.69) is 23.9 Å². The number of nitrogens with one attached hydrogen (secondary N) is 1. The Balaban J connectivity index is 2.25. The predicted molar refractivity (Wildman–Crippen MR) is 48.6 cm³/mol. The van der Waals surface area contributed by atoms with Crippen molar-refractivity contribution in [3.8, 4) is 0 Å². The Kier molecular flexibility index (Phi) is 2.00. The Bertz CT molecular complexity index is 351. The molecule has 1 aliphatic rings. The van der Waals surface area contributed by atoms with Crippen molar-refractivity contribution >= 4 is 0 Å². The first-order chi connectivity index (χ1) is 6.18. The van der Waals surface area contributed by atoms with Gasteiger partial charge in [0.1, 0.15) is 0 Å². The largest absolute Gasteiger partial charge is 0.360 e. The first-order valence-corrected chi connectivity index (χ1v) is 4.61. The van der Waals surface area contributed by atoms with Gasteiger partial charge in [-0.25, -0.2) is 9.95 Å². The molecule has 4 nitrogen and oxygen atoms in total. The van der Waals surface area contributed by atoms with Gasteiger partial charge in [-0.3, -0.25) is 4.90 Å². The normalized spacial score (nSPS) is 17.8. The van der Waals surface area contributed by atoms with E-state index in [1.54, 1.807) is 0 Å². The number of aromatic nitrogens is 1. The molecule has 0 fully saturated rings. The Morgan fingerprint density at radius 3 is 3.00 bits per heavy atom. The van der Waals surface area contributed by atoms with Crippen molar-refractivity contribution in [2.24, 2.45) is 0 Å². The number of fused-ring (bicyclic) bond motifs is 1. The third kappa shape index (κ3) is 1.42.